The maximum atomic E-state index is 12.6. The van der Waals surface area contributed by atoms with Gasteiger partial charge in [-0.25, -0.2) is 14.6 Å². The van der Waals surface area contributed by atoms with Crippen molar-refractivity contribution in [3.63, 3.8) is 0 Å². The standard InChI is InChI=1S/C19H18N6O6/c20-16(28)17-22-9-25(24-17)19-14(27)13(26)15(31-19)18(29)23-10-6-7-12(21-8-10)30-11-4-2-1-3-5-11/h1-9,13-15,19,26-27H,(H2,20,28)(H,23,29)/t13-,14+,15-,19+/m0/s1. The zero-order valence-corrected chi connectivity index (χ0v) is 15.9. The Bertz CT molecular complexity index is 1070. The third kappa shape index (κ3) is 4.35. The van der Waals surface area contributed by atoms with E-state index in [-0.39, 0.29) is 5.82 Å². The number of anilines is 1. The number of benzene rings is 1. The van der Waals surface area contributed by atoms with E-state index >= 15 is 0 Å². The van der Waals surface area contributed by atoms with Crippen LogP contribution in [-0.2, 0) is 9.53 Å². The molecule has 1 aliphatic rings. The highest BCUT2D eigenvalue weighted by Gasteiger charge is 2.47. The lowest BCUT2D eigenvalue weighted by molar-refractivity contribution is -0.132. The van der Waals surface area contributed by atoms with Crippen LogP contribution in [0.3, 0.4) is 0 Å². The van der Waals surface area contributed by atoms with Gasteiger partial charge in [0.1, 0.15) is 24.3 Å². The lowest BCUT2D eigenvalue weighted by Gasteiger charge is -2.14. The Hall–Kier alpha value is -3.87. The number of nitrogens with one attached hydrogen (secondary N) is 1. The molecule has 4 rings (SSSR count). The molecule has 31 heavy (non-hydrogen) atoms. The summed E-state index contributed by atoms with van der Waals surface area (Å²) in [4.78, 5) is 31.5. The number of nitrogens with two attached hydrogens (primary N) is 1. The fraction of sp³-hybridized carbons (Fsp3) is 0.211. The summed E-state index contributed by atoms with van der Waals surface area (Å²) in [6.45, 7) is 0. The summed E-state index contributed by atoms with van der Waals surface area (Å²) in [5.74, 6) is -0.923. The SMILES string of the molecule is NC(=O)c1ncn([C@@H]2O[C@H](C(=O)Nc3ccc(Oc4ccccc4)nc3)[C@@H](O)[C@H]2O)n1. The molecular formula is C19H18N6O6. The average Bonchev–Trinajstić information content (AvgIpc) is 3.36. The molecule has 0 saturated carbocycles. The number of carbonyl (C=O) groups is 2. The predicted molar refractivity (Wildman–Crippen MR) is 104 cm³/mol. The molecule has 1 fully saturated rings. The lowest BCUT2D eigenvalue weighted by Crippen LogP contribution is -2.39. The summed E-state index contributed by atoms with van der Waals surface area (Å²) in [5.41, 5.74) is 5.42. The van der Waals surface area contributed by atoms with Crippen LogP contribution in [0, 0.1) is 0 Å². The molecule has 12 heteroatoms. The highest BCUT2D eigenvalue weighted by Crippen LogP contribution is 2.29. The Morgan fingerprint density at radius 1 is 1.10 bits per heavy atom. The van der Waals surface area contributed by atoms with Crippen molar-refractivity contribution >= 4 is 17.5 Å². The Balaban J connectivity index is 1.40. The number of para-hydroxylation sites is 1. The first-order chi connectivity index (χ1) is 14.9. The van der Waals surface area contributed by atoms with E-state index in [1.165, 1.54) is 6.20 Å². The predicted octanol–water partition coefficient (Wildman–Crippen LogP) is -0.178. The molecule has 1 aliphatic heterocycles. The van der Waals surface area contributed by atoms with Crippen molar-refractivity contribution < 1.29 is 29.3 Å². The second-order valence-electron chi connectivity index (χ2n) is 6.63. The third-order valence-electron chi connectivity index (χ3n) is 4.46. The maximum absolute atomic E-state index is 12.6. The van der Waals surface area contributed by atoms with Crippen molar-refractivity contribution in [1.82, 2.24) is 19.7 Å². The van der Waals surface area contributed by atoms with E-state index in [1.807, 2.05) is 18.2 Å². The quantitative estimate of drug-likeness (QED) is 0.417. The van der Waals surface area contributed by atoms with Crippen molar-refractivity contribution in [2.45, 2.75) is 24.5 Å². The average molecular weight is 426 g/mol. The highest BCUT2D eigenvalue weighted by molar-refractivity contribution is 5.94. The van der Waals surface area contributed by atoms with Gasteiger partial charge in [-0.05, 0) is 18.2 Å². The first-order valence-electron chi connectivity index (χ1n) is 9.15. The molecule has 1 aromatic carbocycles. The van der Waals surface area contributed by atoms with Gasteiger partial charge >= 0.3 is 0 Å². The second-order valence-corrected chi connectivity index (χ2v) is 6.63. The normalized spacial score (nSPS) is 22.8. The number of ether oxygens (including phenoxy) is 2. The van der Waals surface area contributed by atoms with Crippen LogP contribution in [0.2, 0.25) is 0 Å². The highest BCUT2D eigenvalue weighted by atomic mass is 16.6. The van der Waals surface area contributed by atoms with Crippen LogP contribution in [0.4, 0.5) is 5.69 Å². The molecule has 0 unspecified atom stereocenters. The zero-order valence-electron chi connectivity index (χ0n) is 15.9. The summed E-state index contributed by atoms with van der Waals surface area (Å²) in [7, 11) is 0. The van der Waals surface area contributed by atoms with Crippen LogP contribution >= 0.6 is 0 Å². The number of amides is 2. The largest absolute Gasteiger partial charge is 0.439 e. The van der Waals surface area contributed by atoms with Gasteiger partial charge in [-0.15, -0.1) is 5.10 Å². The van der Waals surface area contributed by atoms with Gasteiger partial charge in [0.2, 0.25) is 11.7 Å². The number of hydrogen-bond acceptors (Lipinski definition) is 9. The van der Waals surface area contributed by atoms with E-state index in [0.717, 1.165) is 11.0 Å². The summed E-state index contributed by atoms with van der Waals surface area (Å²) < 4.78 is 12.0. The van der Waals surface area contributed by atoms with Gasteiger partial charge < -0.3 is 30.7 Å². The van der Waals surface area contributed by atoms with E-state index in [2.05, 4.69) is 20.4 Å². The number of aromatic nitrogens is 4. The first kappa shape index (κ1) is 20.4. The number of carbonyl (C=O) groups excluding carboxylic acids is 2. The van der Waals surface area contributed by atoms with Crippen LogP contribution in [0.5, 0.6) is 11.6 Å². The van der Waals surface area contributed by atoms with Crippen molar-refractivity contribution in [3.05, 3.63) is 60.8 Å². The van der Waals surface area contributed by atoms with Gasteiger partial charge in [-0.3, -0.25) is 9.59 Å². The third-order valence-corrected chi connectivity index (χ3v) is 4.46. The summed E-state index contributed by atoms with van der Waals surface area (Å²) in [6, 6.07) is 12.2. The molecule has 4 atom stereocenters. The molecule has 3 heterocycles. The van der Waals surface area contributed by atoms with Crippen molar-refractivity contribution in [2.75, 3.05) is 5.32 Å². The molecule has 1 saturated heterocycles. The monoisotopic (exact) mass is 426 g/mol. The van der Waals surface area contributed by atoms with Crippen molar-refractivity contribution in [3.8, 4) is 11.6 Å². The van der Waals surface area contributed by atoms with Gasteiger partial charge in [-0.1, -0.05) is 18.2 Å². The van der Waals surface area contributed by atoms with Gasteiger partial charge in [0.15, 0.2) is 12.3 Å². The molecule has 160 valence electrons. The summed E-state index contributed by atoms with van der Waals surface area (Å²) in [5, 5.41) is 26.8. The minimum Gasteiger partial charge on any atom is -0.439 e. The fourth-order valence-electron chi connectivity index (χ4n) is 2.94. The molecule has 5 N–H and O–H groups in total. The van der Waals surface area contributed by atoms with Crippen LogP contribution in [-0.4, -0.2) is 60.1 Å². The second kappa shape index (κ2) is 8.47. The van der Waals surface area contributed by atoms with E-state index in [1.54, 1.807) is 24.3 Å². The van der Waals surface area contributed by atoms with Gasteiger partial charge in [0, 0.05) is 6.07 Å². The molecule has 3 aromatic rings. The summed E-state index contributed by atoms with van der Waals surface area (Å²) >= 11 is 0. The fourth-order valence-corrected chi connectivity index (χ4v) is 2.94. The number of nitrogens with zero attached hydrogens (tertiary/aromatic N) is 4. The van der Waals surface area contributed by atoms with E-state index in [4.69, 9.17) is 15.2 Å². The number of aliphatic hydroxyl groups excluding tert-OH is 2. The lowest BCUT2D eigenvalue weighted by atomic mass is 10.1. The Morgan fingerprint density at radius 2 is 1.87 bits per heavy atom. The first-order valence-corrected chi connectivity index (χ1v) is 9.15. The maximum Gasteiger partial charge on any atom is 0.288 e. The Morgan fingerprint density at radius 3 is 2.52 bits per heavy atom. The molecular weight excluding hydrogens is 408 g/mol. The van der Waals surface area contributed by atoms with Crippen molar-refractivity contribution in [1.29, 1.82) is 0 Å². The number of aliphatic hydroxyl groups is 2. The molecule has 0 aliphatic carbocycles. The van der Waals surface area contributed by atoms with Crippen LogP contribution in [0.1, 0.15) is 16.8 Å². The molecule has 0 radical (unpaired) electrons. The van der Waals surface area contributed by atoms with E-state index < -0.39 is 36.4 Å². The molecule has 12 nitrogen and oxygen atoms in total. The van der Waals surface area contributed by atoms with Gasteiger partial charge in [0.05, 0.1) is 11.9 Å². The minimum atomic E-state index is -1.54. The van der Waals surface area contributed by atoms with Crippen molar-refractivity contribution in [2.24, 2.45) is 5.73 Å². The number of hydrogen-bond donors (Lipinski definition) is 4. The zero-order chi connectivity index (χ0) is 22.0. The summed E-state index contributed by atoms with van der Waals surface area (Å²) in [6.07, 6.45) is -3.18. The van der Waals surface area contributed by atoms with Gasteiger partial charge in [-0.2, -0.15) is 0 Å². The smallest absolute Gasteiger partial charge is 0.288 e. The Labute approximate surface area is 175 Å². The van der Waals surface area contributed by atoms with Crippen LogP contribution in [0.25, 0.3) is 0 Å². The molecule has 0 spiro atoms. The molecule has 0 bridgehead atoms. The van der Waals surface area contributed by atoms with E-state index in [9.17, 15) is 19.8 Å². The number of pyridine rings is 1. The molecule has 2 aromatic heterocycles. The number of rotatable bonds is 6. The van der Waals surface area contributed by atoms with Gasteiger partial charge in [0.25, 0.3) is 11.8 Å². The molecule has 2 amide bonds. The van der Waals surface area contributed by atoms with E-state index in [0.29, 0.717) is 17.3 Å². The van der Waals surface area contributed by atoms with Crippen LogP contribution < -0.4 is 15.8 Å². The van der Waals surface area contributed by atoms with Crippen LogP contribution in [0.15, 0.2) is 55.0 Å². The Kier molecular flexibility index (Phi) is 5.58. The topological polar surface area (TPSA) is 175 Å². The number of primary amides is 1. The minimum absolute atomic E-state index is 0.290.